The molecular weight excluding hydrogens is 474 g/mol. The summed E-state index contributed by atoms with van der Waals surface area (Å²) in [6.45, 7) is 1.70. The van der Waals surface area contributed by atoms with E-state index in [0.717, 1.165) is 34.0 Å². The van der Waals surface area contributed by atoms with Gasteiger partial charge in [0.1, 0.15) is 6.04 Å². The Labute approximate surface area is 174 Å². The molecule has 7 heteroatoms. The standard InChI is InChI=1S/C20H17Br2N3O2/c21-13-4-2-12(3-5-13)17-16-18(24-11-1-10-23(17)24)20(27)25(19(16)26)15-8-6-14(22)7-9-15/h2-9,16-18H,1,10-11H2/t16-,17-,18+/m1/s1. The zero-order chi connectivity index (χ0) is 18.7. The molecule has 5 rings (SSSR count). The number of anilines is 1. The second-order valence-corrected chi connectivity index (χ2v) is 8.97. The molecule has 3 aliphatic heterocycles. The van der Waals surface area contributed by atoms with Crippen LogP contribution in [0.4, 0.5) is 5.69 Å². The third-order valence-corrected chi connectivity index (χ3v) is 6.76. The minimum absolute atomic E-state index is 0.0949. The minimum Gasteiger partial charge on any atom is -0.274 e. The van der Waals surface area contributed by atoms with E-state index in [9.17, 15) is 9.59 Å². The summed E-state index contributed by atoms with van der Waals surface area (Å²) in [7, 11) is 0. The highest BCUT2D eigenvalue weighted by molar-refractivity contribution is 9.10. The SMILES string of the molecule is O=C1[C@H]2[C@@H](C(=O)N1c1ccc(Br)cc1)N1CCCN1[C@@H]2c1ccc(Br)cc1. The van der Waals surface area contributed by atoms with Gasteiger partial charge in [0.15, 0.2) is 0 Å². The smallest absolute Gasteiger partial charge is 0.253 e. The van der Waals surface area contributed by atoms with Crippen LogP contribution in [0.3, 0.4) is 0 Å². The van der Waals surface area contributed by atoms with Crippen LogP contribution >= 0.6 is 31.9 Å². The van der Waals surface area contributed by atoms with Crippen molar-refractivity contribution in [1.29, 1.82) is 0 Å². The molecule has 2 aromatic rings. The molecule has 2 amide bonds. The summed E-state index contributed by atoms with van der Waals surface area (Å²) < 4.78 is 1.92. The number of benzene rings is 2. The van der Waals surface area contributed by atoms with Crippen LogP contribution in [0.1, 0.15) is 18.0 Å². The van der Waals surface area contributed by atoms with Crippen LogP contribution < -0.4 is 4.90 Å². The average Bonchev–Trinajstić information content (AvgIpc) is 3.30. The Morgan fingerprint density at radius 1 is 0.741 bits per heavy atom. The molecule has 5 nitrogen and oxygen atoms in total. The van der Waals surface area contributed by atoms with Crippen molar-refractivity contribution in [2.45, 2.75) is 18.5 Å². The first-order valence-corrected chi connectivity index (χ1v) is 10.6. The van der Waals surface area contributed by atoms with Gasteiger partial charge in [-0.2, -0.15) is 0 Å². The Morgan fingerprint density at radius 3 is 1.93 bits per heavy atom. The number of imide groups is 1. The molecule has 2 aromatic carbocycles. The fraction of sp³-hybridized carbons (Fsp3) is 0.300. The summed E-state index contributed by atoms with van der Waals surface area (Å²) in [4.78, 5) is 28.0. The third-order valence-electron chi connectivity index (χ3n) is 5.70. The van der Waals surface area contributed by atoms with E-state index in [4.69, 9.17) is 0 Å². The molecule has 3 atom stereocenters. The van der Waals surface area contributed by atoms with Crippen LogP contribution in [0, 0.1) is 5.92 Å². The first-order chi connectivity index (χ1) is 13.1. The summed E-state index contributed by atoms with van der Waals surface area (Å²) >= 11 is 6.89. The van der Waals surface area contributed by atoms with Gasteiger partial charge in [0.2, 0.25) is 5.91 Å². The molecule has 0 spiro atoms. The monoisotopic (exact) mass is 489 g/mol. The minimum atomic E-state index is -0.405. The van der Waals surface area contributed by atoms with Crippen LogP contribution in [-0.2, 0) is 9.59 Å². The first-order valence-electron chi connectivity index (χ1n) is 8.98. The lowest BCUT2D eigenvalue weighted by Gasteiger charge is -2.29. The van der Waals surface area contributed by atoms with Gasteiger partial charge in [-0.15, -0.1) is 0 Å². The topological polar surface area (TPSA) is 43.9 Å². The Kier molecular flexibility index (Phi) is 4.23. The second kappa shape index (κ2) is 6.51. The molecule has 0 unspecified atom stereocenters. The molecule has 0 saturated carbocycles. The zero-order valence-electron chi connectivity index (χ0n) is 14.4. The Bertz CT molecular complexity index is 916. The van der Waals surface area contributed by atoms with E-state index in [2.05, 4.69) is 41.9 Å². The summed E-state index contributed by atoms with van der Waals surface area (Å²) in [6.07, 6.45) is 1.01. The van der Waals surface area contributed by atoms with E-state index in [1.807, 2.05) is 48.5 Å². The molecule has 138 valence electrons. The molecule has 0 aliphatic carbocycles. The summed E-state index contributed by atoms with van der Waals surface area (Å²) in [5.74, 6) is -0.587. The maximum absolute atomic E-state index is 13.4. The van der Waals surface area contributed by atoms with Gasteiger partial charge in [-0.05, 0) is 48.4 Å². The fourth-order valence-electron chi connectivity index (χ4n) is 4.62. The number of hydrazine groups is 1. The van der Waals surface area contributed by atoms with E-state index in [1.54, 1.807) is 0 Å². The number of hydrogen-bond donors (Lipinski definition) is 0. The molecule has 3 heterocycles. The molecule has 3 fully saturated rings. The van der Waals surface area contributed by atoms with Gasteiger partial charge in [0.05, 0.1) is 17.6 Å². The highest BCUT2D eigenvalue weighted by atomic mass is 79.9. The normalized spacial score (nSPS) is 28.1. The first kappa shape index (κ1) is 17.6. The van der Waals surface area contributed by atoms with Crippen LogP contribution in [0.25, 0.3) is 0 Å². The van der Waals surface area contributed by atoms with Gasteiger partial charge in [0.25, 0.3) is 5.91 Å². The van der Waals surface area contributed by atoms with Gasteiger partial charge >= 0.3 is 0 Å². The number of nitrogens with zero attached hydrogens (tertiary/aromatic N) is 3. The number of halogens is 2. The van der Waals surface area contributed by atoms with Crippen molar-refractivity contribution in [3.05, 3.63) is 63.0 Å². The number of amides is 2. The van der Waals surface area contributed by atoms with E-state index < -0.39 is 6.04 Å². The highest BCUT2D eigenvalue weighted by Gasteiger charge is 2.62. The number of carbonyl (C=O) groups excluding carboxylic acids is 2. The Morgan fingerprint density at radius 2 is 1.30 bits per heavy atom. The summed E-state index contributed by atoms with van der Waals surface area (Å²) in [6, 6.07) is 14.9. The van der Waals surface area contributed by atoms with Gasteiger partial charge in [-0.25, -0.2) is 14.9 Å². The van der Waals surface area contributed by atoms with Crippen LogP contribution in [0.5, 0.6) is 0 Å². The second-order valence-electron chi connectivity index (χ2n) is 7.14. The molecular formula is C20H17Br2N3O2. The van der Waals surface area contributed by atoms with Gasteiger partial charge < -0.3 is 0 Å². The Hall–Kier alpha value is -1.54. The van der Waals surface area contributed by atoms with E-state index in [-0.39, 0.29) is 23.8 Å². The van der Waals surface area contributed by atoms with Crippen molar-refractivity contribution < 1.29 is 9.59 Å². The molecule has 3 aliphatic rings. The molecule has 0 aromatic heterocycles. The van der Waals surface area contributed by atoms with Crippen LogP contribution in [0.2, 0.25) is 0 Å². The third kappa shape index (κ3) is 2.63. The number of carbonyl (C=O) groups is 2. The van der Waals surface area contributed by atoms with Gasteiger partial charge in [-0.1, -0.05) is 44.0 Å². The molecule has 0 N–H and O–H groups in total. The van der Waals surface area contributed by atoms with Crippen molar-refractivity contribution >= 4 is 49.4 Å². The average molecular weight is 491 g/mol. The maximum Gasteiger partial charge on any atom is 0.253 e. The van der Waals surface area contributed by atoms with Crippen molar-refractivity contribution in [2.24, 2.45) is 5.92 Å². The van der Waals surface area contributed by atoms with Crippen LogP contribution in [0.15, 0.2) is 57.5 Å². The fourth-order valence-corrected chi connectivity index (χ4v) is 5.15. The number of rotatable bonds is 2. The van der Waals surface area contributed by atoms with E-state index in [1.165, 1.54) is 4.90 Å². The van der Waals surface area contributed by atoms with Crippen molar-refractivity contribution in [3.63, 3.8) is 0 Å². The molecule has 3 saturated heterocycles. The maximum atomic E-state index is 13.4. The van der Waals surface area contributed by atoms with Crippen molar-refractivity contribution in [2.75, 3.05) is 18.0 Å². The van der Waals surface area contributed by atoms with Gasteiger partial charge in [-0.3, -0.25) is 9.59 Å². The zero-order valence-corrected chi connectivity index (χ0v) is 17.6. The largest absolute Gasteiger partial charge is 0.274 e. The van der Waals surface area contributed by atoms with Crippen molar-refractivity contribution in [3.8, 4) is 0 Å². The predicted molar refractivity (Wildman–Crippen MR) is 109 cm³/mol. The quantitative estimate of drug-likeness (QED) is 0.601. The molecule has 0 radical (unpaired) electrons. The number of hydrogen-bond acceptors (Lipinski definition) is 4. The lowest BCUT2D eigenvalue weighted by Crippen LogP contribution is -2.44. The molecule has 27 heavy (non-hydrogen) atoms. The van der Waals surface area contributed by atoms with Gasteiger partial charge in [0, 0.05) is 22.0 Å². The van der Waals surface area contributed by atoms with E-state index in [0.29, 0.717) is 5.69 Å². The van der Waals surface area contributed by atoms with Crippen LogP contribution in [-0.4, -0.2) is 41.0 Å². The number of fused-ring (bicyclic) bond motifs is 3. The summed E-state index contributed by atoms with van der Waals surface area (Å²) in [5, 5.41) is 4.35. The van der Waals surface area contributed by atoms with E-state index >= 15 is 0 Å². The molecule has 0 bridgehead atoms. The highest BCUT2D eigenvalue weighted by Crippen LogP contribution is 2.49. The predicted octanol–water partition coefficient (Wildman–Crippen LogP) is 3.75. The lowest BCUT2D eigenvalue weighted by molar-refractivity contribution is -0.126. The summed E-state index contributed by atoms with van der Waals surface area (Å²) in [5.41, 5.74) is 1.72. The van der Waals surface area contributed by atoms with Crippen molar-refractivity contribution in [1.82, 2.24) is 10.0 Å². The Balaban J connectivity index is 1.57. The lowest BCUT2D eigenvalue weighted by atomic mass is 9.90.